The van der Waals surface area contributed by atoms with Crippen LogP contribution in [0.5, 0.6) is 0 Å². The third-order valence-corrected chi connectivity index (χ3v) is 4.64. The summed E-state index contributed by atoms with van der Waals surface area (Å²) < 4.78 is 14.8. The van der Waals surface area contributed by atoms with Crippen LogP contribution in [0.25, 0.3) is 11.0 Å². The molecule has 138 valence electrons. The van der Waals surface area contributed by atoms with E-state index in [1.54, 1.807) is 42.5 Å². The Morgan fingerprint density at radius 3 is 2.56 bits per heavy atom. The van der Waals surface area contributed by atoms with E-state index in [0.29, 0.717) is 15.9 Å². The van der Waals surface area contributed by atoms with E-state index >= 15 is 0 Å². The molecule has 0 aliphatic rings. The summed E-state index contributed by atoms with van der Waals surface area (Å²) in [6.45, 7) is -0.275. The number of aromatic nitrogens is 2. The van der Waals surface area contributed by atoms with Crippen LogP contribution >= 0.6 is 11.8 Å². The van der Waals surface area contributed by atoms with Crippen LogP contribution < -0.4 is 16.4 Å². The maximum Gasteiger partial charge on any atom is 0.269 e. The molecule has 0 saturated heterocycles. The van der Waals surface area contributed by atoms with Gasteiger partial charge >= 0.3 is 0 Å². The molecular formula is C18H15FN4O3S. The third-order valence-electron chi connectivity index (χ3n) is 3.59. The Labute approximate surface area is 157 Å². The van der Waals surface area contributed by atoms with Gasteiger partial charge in [0.25, 0.3) is 11.5 Å². The van der Waals surface area contributed by atoms with E-state index in [1.807, 2.05) is 0 Å². The van der Waals surface area contributed by atoms with Crippen LogP contribution in [-0.2, 0) is 16.1 Å². The van der Waals surface area contributed by atoms with Crippen molar-refractivity contribution in [3.05, 3.63) is 70.9 Å². The normalized spacial score (nSPS) is 10.6. The number of hydrogen-bond acceptors (Lipinski definition) is 5. The molecule has 0 radical (unpaired) electrons. The van der Waals surface area contributed by atoms with Crippen LogP contribution in [-0.4, -0.2) is 27.1 Å². The minimum absolute atomic E-state index is 0.0701. The topological polar surface area (TPSA) is 93.1 Å². The van der Waals surface area contributed by atoms with Gasteiger partial charge in [0.05, 0.1) is 23.0 Å². The van der Waals surface area contributed by atoms with Crippen molar-refractivity contribution >= 4 is 34.6 Å². The smallest absolute Gasteiger partial charge is 0.269 e. The van der Waals surface area contributed by atoms with Crippen molar-refractivity contribution in [1.82, 2.24) is 20.4 Å². The molecule has 1 heterocycles. The highest BCUT2D eigenvalue weighted by Crippen LogP contribution is 2.20. The molecular weight excluding hydrogens is 371 g/mol. The Morgan fingerprint density at radius 2 is 1.74 bits per heavy atom. The lowest BCUT2D eigenvalue weighted by molar-refractivity contribution is -0.128. The third kappa shape index (κ3) is 4.70. The molecule has 2 amide bonds. The van der Waals surface area contributed by atoms with Crippen molar-refractivity contribution in [3.8, 4) is 0 Å². The predicted octanol–water partition coefficient (Wildman–Crippen LogP) is 1.48. The molecule has 0 aliphatic carbocycles. The average molecular weight is 386 g/mol. The highest BCUT2D eigenvalue weighted by Gasteiger charge is 2.11. The number of hydrazine groups is 1. The SMILES string of the molecule is O=C(CSc1ccccc1F)NNC(=O)Cn1c(=O)cnc2ccccc21. The second-order valence-electron chi connectivity index (χ2n) is 5.49. The standard InChI is InChI=1S/C18H15FN4O3S/c19-12-5-1-4-8-15(12)27-11-17(25)22-21-16(24)10-23-14-7-3-2-6-13(14)20-9-18(23)26/h1-9H,10-11H2,(H,21,24)(H,22,25). The van der Waals surface area contributed by atoms with E-state index < -0.39 is 23.2 Å². The predicted molar refractivity (Wildman–Crippen MR) is 99.4 cm³/mol. The molecule has 0 spiro atoms. The van der Waals surface area contributed by atoms with E-state index in [1.165, 1.54) is 10.6 Å². The first-order valence-electron chi connectivity index (χ1n) is 7.94. The molecule has 27 heavy (non-hydrogen) atoms. The van der Waals surface area contributed by atoms with Crippen molar-refractivity contribution in [1.29, 1.82) is 0 Å². The van der Waals surface area contributed by atoms with Crippen LogP contribution in [0.1, 0.15) is 0 Å². The van der Waals surface area contributed by atoms with Crippen LogP contribution in [0.3, 0.4) is 0 Å². The number of nitrogens with zero attached hydrogens (tertiary/aromatic N) is 2. The zero-order valence-corrected chi connectivity index (χ0v) is 14.8. The fraction of sp³-hybridized carbons (Fsp3) is 0.111. The van der Waals surface area contributed by atoms with Crippen molar-refractivity contribution in [2.75, 3.05) is 5.75 Å². The first kappa shape index (κ1) is 18.6. The highest BCUT2D eigenvalue weighted by molar-refractivity contribution is 8.00. The average Bonchev–Trinajstić information content (AvgIpc) is 2.68. The summed E-state index contributed by atoms with van der Waals surface area (Å²) in [5.74, 6) is -1.55. The lowest BCUT2D eigenvalue weighted by Gasteiger charge is -2.11. The maximum absolute atomic E-state index is 13.5. The van der Waals surface area contributed by atoms with Gasteiger partial charge in [-0.2, -0.15) is 0 Å². The lowest BCUT2D eigenvalue weighted by Crippen LogP contribution is -2.45. The number of rotatable bonds is 5. The van der Waals surface area contributed by atoms with Crippen molar-refractivity contribution in [2.24, 2.45) is 0 Å². The second-order valence-corrected chi connectivity index (χ2v) is 6.50. The quantitative estimate of drug-likeness (QED) is 0.512. The van der Waals surface area contributed by atoms with Gasteiger partial charge in [-0.1, -0.05) is 24.3 Å². The molecule has 7 nitrogen and oxygen atoms in total. The molecule has 3 aromatic rings. The monoisotopic (exact) mass is 386 g/mol. The van der Waals surface area contributed by atoms with E-state index in [2.05, 4.69) is 15.8 Å². The molecule has 0 aliphatic heterocycles. The van der Waals surface area contributed by atoms with E-state index in [-0.39, 0.29) is 12.3 Å². The molecule has 0 bridgehead atoms. The largest absolute Gasteiger partial charge is 0.296 e. The second kappa shape index (κ2) is 8.45. The number of carbonyl (C=O) groups excluding carboxylic acids is 2. The number of nitrogens with one attached hydrogen (secondary N) is 2. The Hall–Kier alpha value is -3.20. The molecule has 2 N–H and O–H groups in total. The van der Waals surface area contributed by atoms with E-state index in [0.717, 1.165) is 18.0 Å². The molecule has 3 rings (SSSR count). The van der Waals surface area contributed by atoms with E-state index in [4.69, 9.17) is 0 Å². The fourth-order valence-electron chi connectivity index (χ4n) is 2.34. The summed E-state index contributed by atoms with van der Waals surface area (Å²) in [6.07, 6.45) is 1.14. The fourth-order valence-corrected chi connectivity index (χ4v) is 3.08. The molecule has 9 heteroatoms. The van der Waals surface area contributed by atoms with Crippen LogP contribution in [0.4, 0.5) is 4.39 Å². The Balaban J connectivity index is 1.56. The van der Waals surface area contributed by atoms with E-state index in [9.17, 15) is 18.8 Å². The van der Waals surface area contributed by atoms with Gasteiger partial charge in [-0.05, 0) is 24.3 Å². The molecule has 0 atom stereocenters. The molecule has 2 aromatic carbocycles. The van der Waals surface area contributed by atoms with Gasteiger partial charge in [-0.15, -0.1) is 11.8 Å². The zero-order chi connectivity index (χ0) is 19.2. The van der Waals surface area contributed by atoms with Crippen molar-refractivity contribution < 1.29 is 14.0 Å². The van der Waals surface area contributed by atoms with Gasteiger partial charge in [0.1, 0.15) is 12.4 Å². The van der Waals surface area contributed by atoms with Gasteiger partial charge in [0, 0.05) is 4.90 Å². The number of halogens is 1. The maximum atomic E-state index is 13.5. The number of fused-ring (bicyclic) bond motifs is 1. The number of benzene rings is 2. The summed E-state index contributed by atoms with van der Waals surface area (Å²) in [4.78, 5) is 40.2. The number of carbonyl (C=O) groups is 2. The number of para-hydroxylation sites is 2. The number of thioether (sulfide) groups is 1. The highest BCUT2D eigenvalue weighted by atomic mass is 32.2. The zero-order valence-electron chi connectivity index (χ0n) is 14.0. The van der Waals surface area contributed by atoms with Crippen molar-refractivity contribution in [3.63, 3.8) is 0 Å². The summed E-state index contributed by atoms with van der Waals surface area (Å²) in [6, 6.07) is 13.0. The van der Waals surface area contributed by atoms with Gasteiger partial charge in [0.2, 0.25) is 5.91 Å². The Kier molecular flexibility index (Phi) is 5.82. The van der Waals surface area contributed by atoms with Crippen LogP contribution in [0, 0.1) is 5.82 Å². The van der Waals surface area contributed by atoms with Gasteiger partial charge in [-0.25, -0.2) is 9.37 Å². The summed E-state index contributed by atoms with van der Waals surface area (Å²) in [7, 11) is 0. The number of hydrogen-bond donors (Lipinski definition) is 2. The van der Waals surface area contributed by atoms with Gasteiger partial charge in [0.15, 0.2) is 0 Å². The van der Waals surface area contributed by atoms with Crippen LogP contribution in [0.15, 0.2) is 64.4 Å². The summed E-state index contributed by atoms with van der Waals surface area (Å²) in [5, 5.41) is 0. The molecule has 1 aromatic heterocycles. The Morgan fingerprint density at radius 1 is 1.04 bits per heavy atom. The van der Waals surface area contributed by atoms with Crippen LogP contribution in [0.2, 0.25) is 0 Å². The summed E-state index contributed by atoms with van der Waals surface area (Å²) in [5.41, 5.74) is 5.16. The first-order valence-corrected chi connectivity index (χ1v) is 8.93. The first-order chi connectivity index (χ1) is 13.0. The van der Waals surface area contributed by atoms with Gasteiger partial charge in [-0.3, -0.25) is 29.8 Å². The lowest BCUT2D eigenvalue weighted by atomic mass is 10.3. The minimum atomic E-state index is -0.572. The number of amides is 2. The minimum Gasteiger partial charge on any atom is -0.296 e. The summed E-state index contributed by atoms with van der Waals surface area (Å²) >= 11 is 1.01. The van der Waals surface area contributed by atoms with Crippen molar-refractivity contribution in [2.45, 2.75) is 11.4 Å². The Bertz CT molecular complexity index is 1050. The molecule has 0 unspecified atom stereocenters. The molecule has 0 fully saturated rings. The van der Waals surface area contributed by atoms with Gasteiger partial charge < -0.3 is 0 Å². The molecule has 0 saturated carbocycles.